The van der Waals surface area contributed by atoms with E-state index in [1.807, 2.05) is 0 Å². The van der Waals surface area contributed by atoms with Gasteiger partial charge in [0.2, 0.25) is 0 Å². The lowest BCUT2D eigenvalue weighted by Crippen LogP contribution is -2.43. The van der Waals surface area contributed by atoms with Crippen LogP contribution in [0.2, 0.25) is 0 Å². The number of methoxy groups -OCH3 is 1. The summed E-state index contributed by atoms with van der Waals surface area (Å²) < 4.78 is 58.8. The van der Waals surface area contributed by atoms with Gasteiger partial charge in [0.05, 0.1) is 13.3 Å². The molecule has 1 aliphatic heterocycles. The van der Waals surface area contributed by atoms with Gasteiger partial charge in [0.15, 0.2) is 0 Å². The molecule has 1 aliphatic rings. The zero-order valence-corrected chi connectivity index (χ0v) is 19.0. The second-order valence-corrected chi connectivity index (χ2v) is 8.32. The fourth-order valence-electron chi connectivity index (χ4n) is 4.25. The highest BCUT2D eigenvalue weighted by Crippen LogP contribution is 2.39. The number of halogens is 4. The van der Waals surface area contributed by atoms with Crippen LogP contribution < -0.4 is 14.5 Å². The van der Waals surface area contributed by atoms with Crippen molar-refractivity contribution in [3.8, 4) is 5.75 Å². The van der Waals surface area contributed by atoms with E-state index in [0.717, 1.165) is 31.1 Å². The highest BCUT2D eigenvalue weighted by Gasteiger charge is 2.30. The molecule has 4 rings (SSSR count). The summed E-state index contributed by atoms with van der Waals surface area (Å²) in [6.07, 6.45) is 3.49. The third-order valence-corrected chi connectivity index (χ3v) is 6.07. The van der Waals surface area contributed by atoms with E-state index in [-0.39, 0.29) is 17.2 Å². The fourth-order valence-corrected chi connectivity index (χ4v) is 4.25. The van der Waals surface area contributed by atoms with Crippen LogP contribution in [0, 0.1) is 0 Å². The summed E-state index contributed by atoms with van der Waals surface area (Å²) in [5, 5.41) is 0. The van der Waals surface area contributed by atoms with Gasteiger partial charge in [0.25, 0.3) is 12.3 Å². The van der Waals surface area contributed by atoms with E-state index in [9.17, 15) is 17.6 Å². The number of hydrogen-bond acceptors (Lipinski definition) is 5. The Morgan fingerprint density at radius 3 is 2.29 bits per heavy atom. The van der Waals surface area contributed by atoms with Crippen molar-refractivity contribution in [1.82, 2.24) is 9.97 Å². The van der Waals surface area contributed by atoms with Crippen molar-refractivity contribution < 1.29 is 22.3 Å². The summed E-state index contributed by atoms with van der Waals surface area (Å²) in [6.45, 7) is 2.20. The van der Waals surface area contributed by atoms with Crippen molar-refractivity contribution in [1.29, 1.82) is 0 Å². The topological polar surface area (TPSA) is 41.5 Å². The average molecular weight is 475 g/mol. The van der Waals surface area contributed by atoms with Gasteiger partial charge < -0.3 is 14.5 Å². The number of rotatable bonds is 7. The zero-order valence-electron chi connectivity index (χ0n) is 19.0. The van der Waals surface area contributed by atoms with Gasteiger partial charge in [0, 0.05) is 61.3 Å². The molecule has 0 radical (unpaired) electrons. The SMILES string of the molecule is COc1ccncc1N(c1ccc(C(C)(F)F)cc1)C1CCN(c2ccc(C(F)F)cn2)CC1. The molecule has 0 spiro atoms. The Bertz CT molecular complexity index is 1080. The van der Waals surface area contributed by atoms with Gasteiger partial charge in [0.1, 0.15) is 17.3 Å². The Kier molecular flexibility index (Phi) is 6.90. The standard InChI is InChI=1S/C25H26F4N4O/c1-25(28,29)18-4-6-19(7-5-18)33(21-16-30-12-9-22(21)34-2)20-10-13-32(14-11-20)23-8-3-17(15-31-23)24(26)27/h3-9,12,15-16,20,24H,10-11,13-14H2,1-2H3. The van der Waals surface area contributed by atoms with Crippen LogP contribution in [0.25, 0.3) is 0 Å². The Morgan fingerprint density at radius 2 is 1.74 bits per heavy atom. The second-order valence-electron chi connectivity index (χ2n) is 8.32. The maximum Gasteiger partial charge on any atom is 0.270 e. The van der Waals surface area contributed by atoms with Crippen LogP contribution in [0.1, 0.15) is 37.3 Å². The van der Waals surface area contributed by atoms with Gasteiger partial charge in [-0.15, -0.1) is 0 Å². The summed E-state index contributed by atoms with van der Waals surface area (Å²) >= 11 is 0. The molecular weight excluding hydrogens is 448 g/mol. The minimum atomic E-state index is -2.92. The van der Waals surface area contributed by atoms with Crippen LogP contribution in [-0.2, 0) is 5.92 Å². The smallest absolute Gasteiger partial charge is 0.270 e. The summed E-state index contributed by atoms with van der Waals surface area (Å²) in [7, 11) is 1.58. The molecule has 0 aliphatic carbocycles. The largest absolute Gasteiger partial charge is 0.494 e. The maximum atomic E-state index is 13.8. The molecule has 0 unspecified atom stereocenters. The van der Waals surface area contributed by atoms with E-state index in [1.165, 1.54) is 24.4 Å². The minimum Gasteiger partial charge on any atom is -0.494 e. The lowest BCUT2D eigenvalue weighted by atomic mass is 10.0. The molecule has 2 aromatic heterocycles. The normalized spacial score (nSPS) is 15.0. The molecule has 0 bridgehead atoms. The highest BCUT2D eigenvalue weighted by atomic mass is 19.3. The van der Waals surface area contributed by atoms with Gasteiger partial charge in [-0.2, -0.15) is 0 Å². The Labute approximate surface area is 196 Å². The fraction of sp³-hybridized carbons (Fsp3) is 0.360. The molecular formula is C25H26F4N4O. The molecule has 0 saturated carbocycles. The van der Waals surface area contributed by atoms with Crippen molar-refractivity contribution in [3.05, 3.63) is 72.2 Å². The number of aromatic nitrogens is 2. The van der Waals surface area contributed by atoms with Crippen LogP contribution in [0.5, 0.6) is 5.75 Å². The Balaban J connectivity index is 1.59. The first-order valence-electron chi connectivity index (χ1n) is 11.0. The van der Waals surface area contributed by atoms with Crippen molar-refractivity contribution >= 4 is 17.2 Å². The Hall–Kier alpha value is -3.36. The van der Waals surface area contributed by atoms with Crippen molar-refractivity contribution in [2.24, 2.45) is 0 Å². The number of alkyl halides is 4. The second kappa shape index (κ2) is 9.87. The van der Waals surface area contributed by atoms with Gasteiger partial charge >= 0.3 is 0 Å². The first kappa shape index (κ1) is 23.8. The summed E-state index contributed by atoms with van der Waals surface area (Å²) in [4.78, 5) is 12.6. The van der Waals surface area contributed by atoms with Gasteiger partial charge in [-0.3, -0.25) is 4.98 Å². The third-order valence-electron chi connectivity index (χ3n) is 6.07. The van der Waals surface area contributed by atoms with Crippen LogP contribution in [0.3, 0.4) is 0 Å². The van der Waals surface area contributed by atoms with E-state index in [0.29, 0.717) is 24.7 Å². The number of ether oxygens (including phenoxy) is 1. The number of benzene rings is 1. The first-order valence-corrected chi connectivity index (χ1v) is 11.0. The van der Waals surface area contributed by atoms with Crippen LogP contribution in [0.15, 0.2) is 61.1 Å². The average Bonchev–Trinajstić information content (AvgIpc) is 2.85. The number of anilines is 3. The highest BCUT2D eigenvalue weighted by molar-refractivity contribution is 5.69. The molecule has 1 aromatic carbocycles. The van der Waals surface area contributed by atoms with Crippen LogP contribution in [-0.4, -0.2) is 36.2 Å². The molecule has 1 fully saturated rings. The summed E-state index contributed by atoms with van der Waals surface area (Å²) in [5.74, 6) is -1.64. The minimum absolute atomic E-state index is 0.0441. The number of piperidine rings is 1. The maximum absolute atomic E-state index is 13.8. The van der Waals surface area contributed by atoms with Crippen molar-refractivity contribution in [3.63, 3.8) is 0 Å². The molecule has 1 saturated heterocycles. The Morgan fingerprint density at radius 1 is 1.03 bits per heavy atom. The van der Waals surface area contributed by atoms with Gasteiger partial charge in [-0.1, -0.05) is 12.1 Å². The van der Waals surface area contributed by atoms with Crippen molar-refractivity contribution in [2.75, 3.05) is 30.0 Å². The molecule has 3 heterocycles. The number of hydrogen-bond donors (Lipinski definition) is 0. The molecule has 0 N–H and O–H groups in total. The van der Waals surface area contributed by atoms with E-state index < -0.39 is 12.3 Å². The first-order chi connectivity index (χ1) is 16.3. The van der Waals surface area contributed by atoms with Crippen molar-refractivity contribution in [2.45, 2.75) is 38.2 Å². The molecule has 180 valence electrons. The van der Waals surface area contributed by atoms with Crippen LogP contribution >= 0.6 is 0 Å². The summed E-state index contributed by atoms with van der Waals surface area (Å²) in [6, 6.07) is 11.1. The predicted molar refractivity (Wildman–Crippen MR) is 123 cm³/mol. The number of pyridine rings is 2. The predicted octanol–water partition coefficient (Wildman–Crippen LogP) is 6.34. The number of nitrogens with zero attached hydrogens (tertiary/aromatic N) is 4. The molecule has 9 heteroatoms. The van der Waals surface area contributed by atoms with E-state index in [4.69, 9.17) is 4.74 Å². The quantitative estimate of drug-likeness (QED) is 0.374. The van der Waals surface area contributed by atoms with E-state index in [1.54, 1.807) is 43.8 Å². The molecule has 3 aromatic rings. The molecule has 34 heavy (non-hydrogen) atoms. The molecule has 0 atom stereocenters. The monoisotopic (exact) mass is 474 g/mol. The lowest BCUT2D eigenvalue weighted by Gasteiger charge is -2.40. The molecule has 5 nitrogen and oxygen atoms in total. The van der Waals surface area contributed by atoms with E-state index >= 15 is 0 Å². The van der Waals surface area contributed by atoms with Gasteiger partial charge in [-0.05, 0) is 37.1 Å². The zero-order chi connectivity index (χ0) is 24.3. The van der Waals surface area contributed by atoms with Gasteiger partial charge in [-0.25, -0.2) is 22.5 Å². The van der Waals surface area contributed by atoms with E-state index in [2.05, 4.69) is 19.8 Å². The molecule has 0 amide bonds. The third kappa shape index (κ3) is 5.08. The summed E-state index contributed by atoms with van der Waals surface area (Å²) in [5.41, 5.74) is 1.35. The van der Waals surface area contributed by atoms with Crippen LogP contribution in [0.4, 0.5) is 34.8 Å². The lowest BCUT2D eigenvalue weighted by molar-refractivity contribution is 0.0175.